The molecule has 0 saturated heterocycles. The molecule has 0 bridgehead atoms. The molecule has 0 aliphatic heterocycles. The summed E-state index contributed by atoms with van der Waals surface area (Å²) in [5.74, 6) is -0.613. The van der Waals surface area contributed by atoms with Crippen LogP contribution >= 0.6 is 15.9 Å². The fourth-order valence-corrected chi connectivity index (χ4v) is 3.19. The van der Waals surface area contributed by atoms with E-state index in [1.165, 1.54) is 0 Å². The topological polar surface area (TPSA) is 72.7 Å². The first-order valence-corrected chi connectivity index (χ1v) is 9.21. The predicted molar refractivity (Wildman–Crippen MR) is 108 cm³/mol. The molecular weight excluding hydrogens is 410 g/mol. The van der Waals surface area contributed by atoms with Crippen molar-refractivity contribution in [2.24, 2.45) is 5.10 Å². The Balaban J connectivity index is 1.80. The number of nitrogens with one attached hydrogen (secondary N) is 1. The highest BCUT2D eigenvalue weighted by Gasteiger charge is 2.11. The normalized spacial score (nSPS) is 11.0. The summed E-state index contributed by atoms with van der Waals surface area (Å²) in [6.45, 7) is 2.23. The Morgan fingerprint density at radius 2 is 1.93 bits per heavy atom. The van der Waals surface area contributed by atoms with Gasteiger partial charge in [0.2, 0.25) is 0 Å². The average molecular weight is 428 g/mol. The van der Waals surface area contributed by atoms with Gasteiger partial charge in [0, 0.05) is 27.1 Å². The molecule has 0 fully saturated rings. The van der Waals surface area contributed by atoms with Gasteiger partial charge in [-0.15, -0.1) is 0 Å². The molecule has 6 nitrogen and oxygen atoms in total. The van der Waals surface area contributed by atoms with E-state index in [9.17, 15) is 9.59 Å². The molecule has 1 aromatic heterocycles. The Bertz CT molecular complexity index is 1010. The monoisotopic (exact) mass is 427 g/mol. The molecule has 1 amide bonds. The number of nitrogens with zero attached hydrogens (tertiary/aromatic N) is 2. The molecule has 2 aromatic carbocycles. The van der Waals surface area contributed by atoms with Crippen molar-refractivity contribution < 1.29 is 14.3 Å². The van der Waals surface area contributed by atoms with E-state index >= 15 is 0 Å². The molecule has 0 unspecified atom stereocenters. The van der Waals surface area contributed by atoms with Gasteiger partial charge in [-0.2, -0.15) is 5.10 Å². The maximum Gasteiger partial charge on any atom is 0.325 e. The van der Waals surface area contributed by atoms with E-state index in [0.29, 0.717) is 16.6 Å². The van der Waals surface area contributed by atoms with Crippen molar-refractivity contribution in [1.82, 2.24) is 9.99 Å². The van der Waals surface area contributed by atoms with Crippen LogP contribution in [0.15, 0.2) is 64.3 Å². The van der Waals surface area contributed by atoms with Crippen molar-refractivity contribution in [2.45, 2.75) is 13.5 Å². The highest BCUT2D eigenvalue weighted by Crippen LogP contribution is 2.20. The Morgan fingerprint density at radius 1 is 1.19 bits per heavy atom. The fourth-order valence-electron chi connectivity index (χ4n) is 2.72. The zero-order valence-electron chi connectivity index (χ0n) is 14.7. The quantitative estimate of drug-likeness (QED) is 0.370. The van der Waals surface area contributed by atoms with E-state index in [4.69, 9.17) is 4.74 Å². The largest absolute Gasteiger partial charge is 0.465 e. The van der Waals surface area contributed by atoms with Crippen molar-refractivity contribution in [2.75, 3.05) is 6.61 Å². The number of ether oxygens (including phenoxy) is 1. The van der Waals surface area contributed by atoms with Gasteiger partial charge in [0.1, 0.15) is 6.54 Å². The smallest absolute Gasteiger partial charge is 0.325 e. The summed E-state index contributed by atoms with van der Waals surface area (Å²) < 4.78 is 7.53. The number of carbonyl (C=O) groups excluding carboxylic acids is 2. The first-order valence-electron chi connectivity index (χ1n) is 8.41. The molecule has 3 rings (SSSR count). The fraction of sp³-hybridized carbons (Fsp3) is 0.150. The molecule has 1 N–H and O–H groups in total. The first kappa shape index (κ1) is 18.8. The number of aromatic nitrogens is 1. The van der Waals surface area contributed by atoms with E-state index in [1.54, 1.807) is 31.3 Å². The van der Waals surface area contributed by atoms with Crippen molar-refractivity contribution in [3.8, 4) is 0 Å². The summed E-state index contributed by atoms with van der Waals surface area (Å²) in [6, 6.07) is 14.8. The molecule has 0 saturated carbocycles. The van der Waals surface area contributed by atoms with Crippen molar-refractivity contribution in [1.29, 1.82) is 0 Å². The molecule has 1 heterocycles. The van der Waals surface area contributed by atoms with E-state index in [0.717, 1.165) is 16.5 Å². The number of esters is 1. The average Bonchev–Trinajstić information content (AvgIpc) is 3.00. The van der Waals surface area contributed by atoms with Crippen LogP contribution in [0.3, 0.4) is 0 Å². The van der Waals surface area contributed by atoms with Gasteiger partial charge in [-0.05, 0) is 41.1 Å². The number of hydrogen-bond acceptors (Lipinski definition) is 4. The predicted octanol–water partition coefficient (Wildman–Crippen LogP) is 3.73. The molecule has 0 atom stereocenters. The van der Waals surface area contributed by atoms with Crippen LogP contribution in [0.4, 0.5) is 0 Å². The molecule has 0 radical (unpaired) electrons. The summed E-state index contributed by atoms with van der Waals surface area (Å²) >= 11 is 3.35. The number of amides is 1. The van der Waals surface area contributed by atoms with Crippen LogP contribution in [0.2, 0.25) is 0 Å². The molecule has 0 spiro atoms. The number of hydrogen-bond donors (Lipinski definition) is 1. The lowest BCUT2D eigenvalue weighted by atomic mass is 10.2. The van der Waals surface area contributed by atoms with Gasteiger partial charge < -0.3 is 9.30 Å². The summed E-state index contributed by atoms with van der Waals surface area (Å²) in [5, 5.41) is 4.99. The van der Waals surface area contributed by atoms with Gasteiger partial charge in [0.05, 0.1) is 18.4 Å². The minimum atomic E-state index is -0.311. The number of halogens is 1. The van der Waals surface area contributed by atoms with Crippen molar-refractivity contribution >= 4 is 44.9 Å². The van der Waals surface area contributed by atoms with Gasteiger partial charge in [-0.25, -0.2) is 5.43 Å². The first-order chi connectivity index (χ1) is 13.1. The van der Waals surface area contributed by atoms with Gasteiger partial charge in [0.15, 0.2) is 0 Å². The molecule has 138 valence electrons. The number of fused-ring (bicyclic) bond motifs is 1. The maximum absolute atomic E-state index is 12.2. The van der Waals surface area contributed by atoms with E-state index in [1.807, 2.05) is 41.1 Å². The number of benzene rings is 2. The molecular formula is C20H18BrN3O3. The van der Waals surface area contributed by atoms with Gasteiger partial charge in [-0.3, -0.25) is 9.59 Å². The second-order valence-corrected chi connectivity index (χ2v) is 6.57. The van der Waals surface area contributed by atoms with Gasteiger partial charge >= 0.3 is 5.97 Å². The van der Waals surface area contributed by atoms with Crippen molar-refractivity contribution in [3.05, 3.63) is 70.3 Å². The summed E-state index contributed by atoms with van der Waals surface area (Å²) in [5.41, 5.74) is 4.71. The van der Waals surface area contributed by atoms with Crippen molar-refractivity contribution in [3.63, 3.8) is 0 Å². The third kappa shape index (κ3) is 4.43. The minimum Gasteiger partial charge on any atom is -0.465 e. The molecule has 0 aliphatic carbocycles. The van der Waals surface area contributed by atoms with E-state index in [2.05, 4.69) is 26.5 Å². The zero-order valence-corrected chi connectivity index (χ0v) is 16.3. The molecule has 0 aliphatic rings. The standard InChI is InChI=1S/C20H18BrN3O3/c1-2-27-19(25)13-24-12-14(15-7-4-6-10-18(15)24)11-22-23-20(26)16-8-3-5-9-17(16)21/h3-12H,2,13H2,1H3,(H,23,26)/b22-11-. The van der Waals surface area contributed by atoms with E-state index in [-0.39, 0.29) is 18.4 Å². The number of para-hydroxylation sites is 1. The zero-order chi connectivity index (χ0) is 19.2. The second kappa shape index (κ2) is 8.64. The Kier molecular flexibility index (Phi) is 6.03. The lowest BCUT2D eigenvalue weighted by Gasteiger charge is -2.04. The van der Waals surface area contributed by atoms with Crippen LogP contribution in [-0.2, 0) is 16.1 Å². The van der Waals surface area contributed by atoms with Crippen LogP contribution in [0.5, 0.6) is 0 Å². The summed E-state index contributed by atoms with van der Waals surface area (Å²) in [7, 11) is 0. The van der Waals surface area contributed by atoms with Gasteiger partial charge in [0.25, 0.3) is 5.91 Å². The third-order valence-electron chi connectivity index (χ3n) is 3.91. The van der Waals surface area contributed by atoms with E-state index < -0.39 is 0 Å². The maximum atomic E-state index is 12.2. The van der Waals surface area contributed by atoms with Crippen LogP contribution < -0.4 is 5.43 Å². The summed E-state index contributed by atoms with van der Waals surface area (Å²) in [6.07, 6.45) is 3.38. The van der Waals surface area contributed by atoms with Crippen LogP contribution in [-0.4, -0.2) is 29.3 Å². The van der Waals surface area contributed by atoms with Crippen LogP contribution in [0, 0.1) is 0 Å². The molecule has 7 heteroatoms. The SMILES string of the molecule is CCOC(=O)Cn1cc(/C=N\NC(=O)c2ccccc2Br)c2ccccc21. The lowest BCUT2D eigenvalue weighted by molar-refractivity contribution is -0.143. The van der Waals surface area contributed by atoms with Crippen LogP contribution in [0.1, 0.15) is 22.8 Å². The molecule has 3 aromatic rings. The highest BCUT2D eigenvalue weighted by atomic mass is 79.9. The number of rotatable bonds is 6. The van der Waals surface area contributed by atoms with Crippen LogP contribution in [0.25, 0.3) is 10.9 Å². The van der Waals surface area contributed by atoms with Gasteiger partial charge in [-0.1, -0.05) is 30.3 Å². The lowest BCUT2D eigenvalue weighted by Crippen LogP contribution is -2.18. The minimum absolute atomic E-state index is 0.117. The number of hydrazone groups is 1. The Hall–Kier alpha value is -2.93. The third-order valence-corrected chi connectivity index (χ3v) is 4.60. The Labute approximate surface area is 164 Å². The second-order valence-electron chi connectivity index (χ2n) is 5.71. The summed E-state index contributed by atoms with van der Waals surface area (Å²) in [4.78, 5) is 24.0. The Morgan fingerprint density at radius 3 is 2.70 bits per heavy atom. The molecule has 27 heavy (non-hydrogen) atoms. The highest BCUT2D eigenvalue weighted by molar-refractivity contribution is 9.10. The number of carbonyl (C=O) groups is 2.